The van der Waals surface area contributed by atoms with Gasteiger partial charge < -0.3 is 33.8 Å². The molecule has 0 aliphatic rings. The Morgan fingerprint density at radius 1 is 0.290 bits per heavy atom. The van der Waals surface area contributed by atoms with E-state index in [9.17, 15) is 43.2 Å². The number of aliphatic hydroxyl groups is 1. The first kappa shape index (κ1) is 91.1. The Balaban J connectivity index is 5.20. The highest BCUT2D eigenvalue weighted by Gasteiger charge is 2.30. The maximum atomic E-state index is 13.1. The van der Waals surface area contributed by atoms with Gasteiger partial charge in [-0.15, -0.1) is 0 Å². The van der Waals surface area contributed by atoms with Crippen molar-refractivity contribution in [2.45, 2.75) is 406 Å². The molecule has 3 N–H and O–H groups in total. The average Bonchev–Trinajstić information content (AvgIpc) is 3.53. The van der Waals surface area contributed by atoms with Gasteiger partial charge in [0.1, 0.15) is 19.3 Å². The summed E-state index contributed by atoms with van der Waals surface area (Å²) in [5.74, 6) is -1.37. The SMILES string of the molecule is CCCCCCCCCCCCCCCCCCCC(=O)O[C@H](COC(=O)CCCCCCCCCCCCCCCCCC)COP(=O)(O)OC[C@@H](O)COP(=O)(O)OC[C@@H](COC(=O)CCCCCCCCC)OC(=O)CCCCCCCCCCCCC(C)C. The van der Waals surface area contributed by atoms with Crippen LogP contribution in [0.4, 0.5) is 0 Å². The summed E-state index contributed by atoms with van der Waals surface area (Å²) in [6.07, 6.45) is 55.6. The van der Waals surface area contributed by atoms with Crippen LogP contribution in [0, 0.1) is 5.92 Å². The zero-order chi connectivity index (χ0) is 68.4. The number of hydrogen-bond acceptors (Lipinski definition) is 15. The van der Waals surface area contributed by atoms with Crippen molar-refractivity contribution in [3.63, 3.8) is 0 Å². The topological polar surface area (TPSA) is 237 Å². The van der Waals surface area contributed by atoms with Gasteiger partial charge >= 0.3 is 39.5 Å². The number of phosphoric acid groups is 2. The van der Waals surface area contributed by atoms with Crippen molar-refractivity contribution in [3.8, 4) is 0 Å². The standard InChI is InChI=1S/C74H144O17P2/c1-6-9-12-15-18-20-22-24-26-28-30-32-34-39-44-49-54-59-73(78)91-70(64-85-72(77)58-53-48-43-38-33-31-29-27-25-23-21-19-16-13-10-7-2)66-89-93(82,83)87-62-68(75)61-86-92(80,81)88-65-69(63-84-71(76)57-52-47-41-17-14-11-8-3)90-74(79)60-55-50-45-40-36-35-37-42-46-51-56-67(4)5/h67-70,75H,6-66H2,1-5H3,(H,80,81)(H,82,83)/t68-,69+,70+/m0/s1. The Bertz CT molecular complexity index is 1790. The maximum absolute atomic E-state index is 13.1. The van der Waals surface area contributed by atoms with Gasteiger partial charge in [-0.25, -0.2) is 9.13 Å². The minimum absolute atomic E-state index is 0.106. The van der Waals surface area contributed by atoms with Crippen LogP contribution in [0.5, 0.6) is 0 Å². The molecule has 552 valence electrons. The number of carbonyl (C=O) groups excluding carboxylic acids is 4. The van der Waals surface area contributed by atoms with Crippen molar-refractivity contribution in [1.29, 1.82) is 0 Å². The van der Waals surface area contributed by atoms with Crippen LogP contribution >= 0.6 is 15.6 Å². The fourth-order valence-electron chi connectivity index (χ4n) is 11.4. The second-order valence-corrected chi connectivity index (χ2v) is 30.1. The van der Waals surface area contributed by atoms with Crippen LogP contribution in [-0.2, 0) is 65.4 Å². The van der Waals surface area contributed by atoms with Gasteiger partial charge in [0.15, 0.2) is 12.2 Å². The molecule has 5 atom stereocenters. The van der Waals surface area contributed by atoms with Gasteiger partial charge in [-0.05, 0) is 31.6 Å². The fraction of sp³-hybridized carbons (Fsp3) is 0.946. The van der Waals surface area contributed by atoms with Gasteiger partial charge in [-0.3, -0.25) is 37.3 Å². The van der Waals surface area contributed by atoms with Crippen LogP contribution in [0.25, 0.3) is 0 Å². The molecule has 0 heterocycles. The molecule has 0 saturated heterocycles. The van der Waals surface area contributed by atoms with E-state index in [1.165, 1.54) is 199 Å². The summed E-state index contributed by atoms with van der Waals surface area (Å²) in [5, 5.41) is 10.6. The number of ether oxygens (including phenoxy) is 4. The normalized spacial score (nSPS) is 14.0. The summed E-state index contributed by atoms with van der Waals surface area (Å²) in [4.78, 5) is 72.6. The molecule has 0 saturated carbocycles. The molecule has 17 nitrogen and oxygen atoms in total. The predicted molar refractivity (Wildman–Crippen MR) is 377 cm³/mol. The summed E-state index contributed by atoms with van der Waals surface area (Å²) in [6, 6.07) is 0. The highest BCUT2D eigenvalue weighted by Crippen LogP contribution is 2.45. The molecule has 0 aliphatic heterocycles. The quantitative estimate of drug-likeness (QED) is 0.0222. The van der Waals surface area contributed by atoms with Crippen molar-refractivity contribution >= 4 is 39.5 Å². The lowest BCUT2D eigenvalue weighted by molar-refractivity contribution is -0.161. The first-order valence-corrected chi connectivity index (χ1v) is 41.6. The summed E-state index contributed by atoms with van der Waals surface area (Å²) < 4.78 is 68.4. The monoisotopic (exact) mass is 1370 g/mol. The lowest BCUT2D eigenvalue weighted by atomic mass is 10.0. The Kier molecular flexibility index (Phi) is 65.9. The van der Waals surface area contributed by atoms with E-state index in [0.29, 0.717) is 25.7 Å². The van der Waals surface area contributed by atoms with Gasteiger partial charge in [0.25, 0.3) is 0 Å². The van der Waals surface area contributed by atoms with Gasteiger partial charge in [0.05, 0.1) is 26.4 Å². The van der Waals surface area contributed by atoms with E-state index >= 15 is 0 Å². The number of esters is 4. The van der Waals surface area contributed by atoms with Crippen LogP contribution in [0.15, 0.2) is 0 Å². The highest BCUT2D eigenvalue weighted by atomic mass is 31.2. The van der Waals surface area contributed by atoms with E-state index in [1.807, 2.05) is 0 Å². The average molecular weight is 1370 g/mol. The third-order valence-corrected chi connectivity index (χ3v) is 19.2. The molecule has 0 amide bonds. The second kappa shape index (κ2) is 67.3. The van der Waals surface area contributed by atoms with Crippen molar-refractivity contribution in [1.82, 2.24) is 0 Å². The minimum atomic E-state index is -4.95. The zero-order valence-corrected chi connectivity index (χ0v) is 62.2. The molecule has 2 unspecified atom stereocenters. The molecular formula is C74H144O17P2. The van der Waals surface area contributed by atoms with Gasteiger partial charge in [-0.1, -0.05) is 336 Å². The van der Waals surface area contributed by atoms with E-state index in [2.05, 4.69) is 34.6 Å². The van der Waals surface area contributed by atoms with Gasteiger partial charge in [0.2, 0.25) is 0 Å². The smallest absolute Gasteiger partial charge is 0.462 e. The number of unbranched alkanes of at least 4 members (excludes halogenated alkanes) is 46. The second-order valence-electron chi connectivity index (χ2n) is 27.2. The summed E-state index contributed by atoms with van der Waals surface area (Å²) in [5.41, 5.74) is 0. The molecule has 0 aromatic heterocycles. The van der Waals surface area contributed by atoms with Crippen LogP contribution in [0.1, 0.15) is 388 Å². The number of rotatable bonds is 74. The van der Waals surface area contributed by atoms with Crippen molar-refractivity contribution in [2.75, 3.05) is 39.6 Å². The maximum Gasteiger partial charge on any atom is 0.472 e. The van der Waals surface area contributed by atoms with E-state index in [4.69, 9.17) is 37.0 Å². The first-order valence-electron chi connectivity index (χ1n) is 38.6. The molecule has 93 heavy (non-hydrogen) atoms. The van der Waals surface area contributed by atoms with Crippen LogP contribution in [-0.4, -0.2) is 96.7 Å². The van der Waals surface area contributed by atoms with Crippen LogP contribution < -0.4 is 0 Å². The molecule has 0 bridgehead atoms. The zero-order valence-electron chi connectivity index (χ0n) is 60.4. The number of carbonyl (C=O) groups is 4. The highest BCUT2D eigenvalue weighted by molar-refractivity contribution is 7.47. The Hall–Kier alpha value is -1.94. The molecule has 0 radical (unpaired) electrons. The molecule has 0 aliphatic carbocycles. The lowest BCUT2D eigenvalue weighted by Crippen LogP contribution is -2.30. The number of aliphatic hydroxyl groups excluding tert-OH is 1. The molecule has 0 aromatic rings. The third kappa shape index (κ3) is 68.4. The Morgan fingerprint density at radius 2 is 0.495 bits per heavy atom. The summed E-state index contributed by atoms with van der Waals surface area (Å²) in [7, 11) is -9.90. The molecule has 0 fully saturated rings. The van der Waals surface area contributed by atoms with Crippen molar-refractivity contribution < 1.29 is 80.2 Å². The van der Waals surface area contributed by atoms with Crippen LogP contribution in [0.3, 0.4) is 0 Å². The van der Waals surface area contributed by atoms with E-state index in [-0.39, 0.29) is 25.7 Å². The Morgan fingerprint density at radius 3 is 0.731 bits per heavy atom. The van der Waals surface area contributed by atoms with E-state index in [0.717, 1.165) is 109 Å². The minimum Gasteiger partial charge on any atom is -0.462 e. The largest absolute Gasteiger partial charge is 0.472 e. The fourth-order valence-corrected chi connectivity index (χ4v) is 12.9. The van der Waals surface area contributed by atoms with Crippen molar-refractivity contribution in [3.05, 3.63) is 0 Å². The summed E-state index contributed by atoms with van der Waals surface area (Å²) >= 11 is 0. The lowest BCUT2D eigenvalue weighted by Gasteiger charge is -2.21. The third-order valence-electron chi connectivity index (χ3n) is 17.3. The molecule has 19 heteroatoms. The van der Waals surface area contributed by atoms with Gasteiger partial charge in [-0.2, -0.15) is 0 Å². The van der Waals surface area contributed by atoms with Crippen LogP contribution in [0.2, 0.25) is 0 Å². The first-order chi connectivity index (χ1) is 45.0. The predicted octanol–water partition coefficient (Wildman–Crippen LogP) is 21.7. The van der Waals surface area contributed by atoms with Gasteiger partial charge in [0, 0.05) is 25.7 Å². The number of phosphoric ester groups is 2. The Labute approximate surface area is 568 Å². The van der Waals surface area contributed by atoms with E-state index < -0.39 is 97.5 Å². The molecule has 0 rings (SSSR count). The molecule has 0 spiro atoms. The number of hydrogen-bond donors (Lipinski definition) is 3. The van der Waals surface area contributed by atoms with Crippen molar-refractivity contribution in [2.24, 2.45) is 5.92 Å². The van der Waals surface area contributed by atoms with E-state index in [1.54, 1.807) is 0 Å². The molecular weight excluding hydrogens is 1220 g/mol. The summed E-state index contributed by atoms with van der Waals surface area (Å²) in [6.45, 7) is 7.23. The molecule has 0 aromatic carbocycles.